The molecule has 7 nitrogen and oxygen atoms in total. The molecule has 26 heavy (non-hydrogen) atoms. The van der Waals surface area contributed by atoms with E-state index in [2.05, 4.69) is 22.2 Å². The second-order valence-corrected chi connectivity index (χ2v) is 6.64. The fourth-order valence-electron chi connectivity index (χ4n) is 2.14. The van der Waals surface area contributed by atoms with E-state index in [1.54, 1.807) is 48.5 Å². The first-order chi connectivity index (χ1) is 12.4. The van der Waals surface area contributed by atoms with Crippen molar-refractivity contribution in [3.8, 4) is 6.07 Å². The van der Waals surface area contributed by atoms with Crippen molar-refractivity contribution in [1.29, 1.82) is 5.26 Å². The number of carbonyl (C=O) groups excluding carboxylic acids is 2. The quantitative estimate of drug-likeness (QED) is 0.398. The molecule has 0 unspecified atom stereocenters. The van der Waals surface area contributed by atoms with Gasteiger partial charge >= 0.3 is 0 Å². The molecule has 0 saturated heterocycles. The molecule has 134 valence electrons. The first kappa shape index (κ1) is 19.7. The number of nitrogens with zero attached hydrogens (tertiary/aromatic N) is 1. The number of nitrogens with one attached hydrogen (secondary N) is 3. The summed E-state index contributed by atoms with van der Waals surface area (Å²) in [4.78, 5) is 24.3. The summed E-state index contributed by atoms with van der Waals surface area (Å²) in [5.41, 5.74) is 6.11. The first-order valence-corrected chi connectivity index (χ1v) is 8.79. The molecule has 2 aromatic carbocycles. The van der Waals surface area contributed by atoms with Gasteiger partial charge in [0.15, 0.2) is 0 Å². The van der Waals surface area contributed by atoms with Gasteiger partial charge in [-0.05, 0) is 59.8 Å². The van der Waals surface area contributed by atoms with E-state index in [1.807, 2.05) is 22.6 Å². The van der Waals surface area contributed by atoms with Gasteiger partial charge in [0.1, 0.15) is 12.1 Å². The lowest BCUT2D eigenvalue weighted by Gasteiger charge is -2.22. The Morgan fingerprint density at radius 2 is 1.85 bits per heavy atom. The van der Waals surface area contributed by atoms with E-state index < -0.39 is 24.0 Å². The summed E-state index contributed by atoms with van der Waals surface area (Å²) >= 11 is 2.02. The highest BCUT2D eigenvalue weighted by molar-refractivity contribution is 14.1. The zero-order chi connectivity index (χ0) is 19.1. The van der Waals surface area contributed by atoms with Crippen LogP contribution in [0.3, 0.4) is 0 Å². The summed E-state index contributed by atoms with van der Waals surface area (Å²) in [7, 11) is 0. The Bertz CT molecular complexity index is 834. The lowest BCUT2D eigenvalue weighted by Crippen LogP contribution is -2.52. The number of rotatable bonds is 5. The number of nitriles is 1. The molecule has 2 amide bonds. The highest BCUT2D eigenvalue weighted by Gasteiger charge is 2.24. The minimum Gasteiger partial charge on any atom is -0.391 e. The summed E-state index contributed by atoms with van der Waals surface area (Å²) in [6.45, 7) is 1.46. The lowest BCUT2D eigenvalue weighted by atomic mass is 10.1. The zero-order valence-electron chi connectivity index (χ0n) is 13.9. The average molecular weight is 464 g/mol. The normalized spacial score (nSPS) is 12.4. The third kappa shape index (κ3) is 5.18. The Balaban J connectivity index is 2.02. The maximum atomic E-state index is 12.3. The van der Waals surface area contributed by atoms with Gasteiger partial charge in [-0.15, -0.1) is 0 Å². The van der Waals surface area contributed by atoms with Crippen LogP contribution in [0.4, 0.5) is 5.69 Å². The van der Waals surface area contributed by atoms with Crippen LogP contribution in [0.1, 0.15) is 22.8 Å². The Labute approximate surface area is 164 Å². The number of hydrogen-bond donors (Lipinski definition) is 4. The van der Waals surface area contributed by atoms with E-state index in [0.717, 1.165) is 3.57 Å². The Morgan fingerprint density at radius 3 is 2.42 bits per heavy atom. The Morgan fingerprint density at radius 1 is 1.15 bits per heavy atom. The molecule has 2 atom stereocenters. The van der Waals surface area contributed by atoms with Gasteiger partial charge in [-0.1, -0.05) is 18.2 Å². The average Bonchev–Trinajstić information content (AvgIpc) is 2.64. The Hall–Kier alpha value is -2.64. The SMILES string of the molecule is C[C@H](O)[C@@H](Nc1ccc(C#N)c(I)c1)C(=O)NNC(=O)c1ccccc1. The van der Waals surface area contributed by atoms with Crippen LogP contribution in [-0.4, -0.2) is 29.1 Å². The van der Waals surface area contributed by atoms with Gasteiger partial charge in [-0.2, -0.15) is 5.26 Å². The molecule has 2 rings (SSSR count). The topological polar surface area (TPSA) is 114 Å². The number of hydrazine groups is 1. The lowest BCUT2D eigenvalue weighted by molar-refractivity contribution is -0.124. The number of carbonyl (C=O) groups is 2. The van der Waals surface area contributed by atoms with Crippen LogP contribution < -0.4 is 16.2 Å². The summed E-state index contributed by atoms with van der Waals surface area (Å²) in [5.74, 6) is -1.06. The molecule has 0 saturated carbocycles. The van der Waals surface area contributed by atoms with E-state index in [0.29, 0.717) is 16.8 Å². The van der Waals surface area contributed by atoms with Crippen LogP contribution in [0.2, 0.25) is 0 Å². The fourth-order valence-corrected chi connectivity index (χ4v) is 2.77. The Kier molecular flexibility index (Phi) is 6.94. The van der Waals surface area contributed by atoms with Crippen molar-refractivity contribution < 1.29 is 14.7 Å². The molecule has 2 aromatic rings. The van der Waals surface area contributed by atoms with Crippen molar-refractivity contribution in [2.24, 2.45) is 0 Å². The number of amides is 2. The molecule has 0 aromatic heterocycles. The predicted octanol–water partition coefficient (Wildman–Crippen LogP) is 1.79. The molecular weight excluding hydrogens is 447 g/mol. The van der Waals surface area contributed by atoms with Crippen molar-refractivity contribution in [1.82, 2.24) is 10.9 Å². The van der Waals surface area contributed by atoms with Crippen molar-refractivity contribution in [2.75, 3.05) is 5.32 Å². The molecular formula is C18H17IN4O3. The monoisotopic (exact) mass is 464 g/mol. The van der Waals surface area contributed by atoms with Gasteiger partial charge in [-0.25, -0.2) is 0 Å². The van der Waals surface area contributed by atoms with Crippen molar-refractivity contribution in [2.45, 2.75) is 19.1 Å². The molecule has 0 aliphatic heterocycles. The summed E-state index contributed by atoms with van der Waals surface area (Å²) < 4.78 is 0.720. The molecule has 0 bridgehead atoms. The van der Waals surface area contributed by atoms with Crippen LogP contribution in [-0.2, 0) is 4.79 Å². The van der Waals surface area contributed by atoms with Crippen LogP contribution in [0, 0.1) is 14.9 Å². The van der Waals surface area contributed by atoms with E-state index in [4.69, 9.17) is 5.26 Å². The van der Waals surface area contributed by atoms with Gasteiger partial charge in [0.25, 0.3) is 11.8 Å². The molecule has 0 spiro atoms. The second kappa shape index (κ2) is 9.17. The third-order valence-electron chi connectivity index (χ3n) is 3.51. The van der Waals surface area contributed by atoms with Crippen LogP contribution >= 0.6 is 22.6 Å². The standard InChI is InChI=1S/C18H17IN4O3/c1-11(24)16(21-14-8-7-13(10-20)15(19)9-14)18(26)23-22-17(25)12-5-3-2-4-6-12/h2-9,11,16,21,24H,1H3,(H,22,25)(H,23,26)/t11-,16+/m0/s1. The molecule has 8 heteroatoms. The molecule has 0 aliphatic carbocycles. The summed E-state index contributed by atoms with van der Waals surface area (Å²) in [6, 6.07) is 14.5. The van der Waals surface area contributed by atoms with Gasteiger partial charge in [-0.3, -0.25) is 20.4 Å². The van der Waals surface area contributed by atoms with Gasteiger partial charge in [0.05, 0.1) is 11.7 Å². The highest BCUT2D eigenvalue weighted by Crippen LogP contribution is 2.18. The minimum absolute atomic E-state index is 0.399. The summed E-state index contributed by atoms with van der Waals surface area (Å²) in [5, 5.41) is 21.8. The van der Waals surface area contributed by atoms with Gasteiger partial charge in [0.2, 0.25) is 0 Å². The fraction of sp³-hybridized carbons (Fsp3) is 0.167. The number of aliphatic hydroxyl groups is 1. The number of anilines is 1. The van der Waals surface area contributed by atoms with Gasteiger partial charge < -0.3 is 10.4 Å². The van der Waals surface area contributed by atoms with Crippen LogP contribution in [0.15, 0.2) is 48.5 Å². The largest absolute Gasteiger partial charge is 0.391 e. The number of halogens is 1. The van der Waals surface area contributed by atoms with Crippen LogP contribution in [0.5, 0.6) is 0 Å². The molecule has 4 N–H and O–H groups in total. The maximum absolute atomic E-state index is 12.3. The highest BCUT2D eigenvalue weighted by atomic mass is 127. The maximum Gasteiger partial charge on any atom is 0.269 e. The van der Waals surface area contributed by atoms with Crippen molar-refractivity contribution >= 4 is 40.1 Å². The summed E-state index contributed by atoms with van der Waals surface area (Å²) in [6.07, 6.45) is -1.02. The van der Waals surface area contributed by atoms with Gasteiger partial charge in [0, 0.05) is 14.8 Å². The molecule has 0 heterocycles. The molecule has 0 radical (unpaired) electrons. The first-order valence-electron chi connectivity index (χ1n) is 7.72. The minimum atomic E-state index is -1.02. The van der Waals surface area contributed by atoms with E-state index in [9.17, 15) is 14.7 Å². The number of aliphatic hydroxyl groups excluding tert-OH is 1. The van der Waals surface area contributed by atoms with E-state index >= 15 is 0 Å². The van der Waals surface area contributed by atoms with E-state index in [-0.39, 0.29) is 0 Å². The number of benzene rings is 2. The number of hydrogen-bond acceptors (Lipinski definition) is 5. The second-order valence-electron chi connectivity index (χ2n) is 5.48. The van der Waals surface area contributed by atoms with Crippen molar-refractivity contribution in [3.63, 3.8) is 0 Å². The molecule has 0 aliphatic rings. The third-order valence-corrected chi connectivity index (χ3v) is 4.40. The smallest absolute Gasteiger partial charge is 0.269 e. The van der Waals surface area contributed by atoms with Crippen LogP contribution in [0.25, 0.3) is 0 Å². The molecule has 0 fully saturated rings. The van der Waals surface area contributed by atoms with E-state index in [1.165, 1.54) is 6.92 Å². The van der Waals surface area contributed by atoms with Crippen molar-refractivity contribution in [3.05, 3.63) is 63.2 Å². The zero-order valence-corrected chi connectivity index (χ0v) is 16.0. The predicted molar refractivity (Wildman–Crippen MR) is 105 cm³/mol.